The molecule has 96 valence electrons. The number of nitrogens with one attached hydrogen (secondary N) is 1. The molecule has 2 nitrogen and oxygen atoms in total. The van der Waals surface area contributed by atoms with E-state index >= 15 is 0 Å². The van der Waals surface area contributed by atoms with E-state index in [-0.39, 0.29) is 0 Å². The molecule has 1 N–H and O–H groups in total. The van der Waals surface area contributed by atoms with Crippen LogP contribution in [0.3, 0.4) is 0 Å². The zero-order chi connectivity index (χ0) is 12.6. The van der Waals surface area contributed by atoms with Gasteiger partial charge in [0, 0.05) is 23.9 Å². The number of benzene rings is 1. The first-order valence-corrected chi connectivity index (χ1v) is 7.51. The third-order valence-corrected chi connectivity index (χ3v) is 4.24. The molecule has 0 aromatic heterocycles. The van der Waals surface area contributed by atoms with Gasteiger partial charge in [0.15, 0.2) is 0 Å². The Hall–Kier alpha value is -1.11. The van der Waals surface area contributed by atoms with Gasteiger partial charge in [0.05, 0.1) is 0 Å². The van der Waals surface area contributed by atoms with Gasteiger partial charge in [-0.2, -0.15) is 11.8 Å². The lowest BCUT2D eigenvalue weighted by atomic mass is 10.1. The normalized spacial score (nSPS) is 19.2. The van der Waals surface area contributed by atoms with Crippen LogP contribution in [0.4, 0.5) is 0 Å². The van der Waals surface area contributed by atoms with Crippen LogP contribution in [-0.4, -0.2) is 24.2 Å². The summed E-state index contributed by atoms with van der Waals surface area (Å²) in [5, 5.41) is 3.60. The minimum atomic E-state index is 0.330. The van der Waals surface area contributed by atoms with Crippen molar-refractivity contribution in [2.45, 2.75) is 25.4 Å². The van der Waals surface area contributed by atoms with Crippen molar-refractivity contribution in [2.75, 3.05) is 18.1 Å². The lowest BCUT2D eigenvalue weighted by Gasteiger charge is -2.23. The zero-order valence-corrected chi connectivity index (χ0v) is 11.3. The van der Waals surface area contributed by atoms with Crippen molar-refractivity contribution in [2.24, 2.45) is 0 Å². The van der Waals surface area contributed by atoms with E-state index in [1.54, 1.807) is 0 Å². The summed E-state index contributed by atoms with van der Waals surface area (Å²) in [5.74, 6) is 5.92. The van der Waals surface area contributed by atoms with Crippen LogP contribution in [0, 0.1) is 12.3 Å². The Kier molecular flexibility index (Phi) is 5.44. The van der Waals surface area contributed by atoms with E-state index in [0.717, 1.165) is 12.3 Å². The predicted octanol–water partition coefficient (Wildman–Crippen LogP) is 2.68. The van der Waals surface area contributed by atoms with E-state index in [4.69, 9.17) is 11.2 Å². The topological polar surface area (TPSA) is 21.3 Å². The van der Waals surface area contributed by atoms with Gasteiger partial charge >= 0.3 is 0 Å². The highest BCUT2D eigenvalue weighted by Gasteiger charge is 2.13. The van der Waals surface area contributed by atoms with Gasteiger partial charge in [-0.25, -0.2) is 0 Å². The third kappa shape index (κ3) is 3.97. The van der Waals surface area contributed by atoms with Crippen molar-refractivity contribution in [1.29, 1.82) is 0 Å². The fraction of sp³-hybridized carbons (Fsp3) is 0.467. The van der Waals surface area contributed by atoms with Crippen molar-refractivity contribution in [3.63, 3.8) is 0 Å². The number of ether oxygens (including phenoxy) is 1. The molecule has 1 aliphatic heterocycles. The van der Waals surface area contributed by atoms with Crippen LogP contribution in [0.1, 0.15) is 18.4 Å². The van der Waals surface area contributed by atoms with Gasteiger partial charge in [-0.3, -0.25) is 0 Å². The summed E-state index contributed by atoms with van der Waals surface area (Å²) in [6.45, 7) is 1.18. The van der Waals surface area contributed by atoms with Gasteiger partial charge in [0.2, 0.25) is 0 Å². The molecule has 0 aliphatic carbocycles. The largest absolute Gasteiger partial charge is 0.481 e. The molecule has 0 saturated carbocycles. The zero-order valence-electron chi connectivity index (χ0n) is 10.5. The second-order valence-corrected chi connectivity index (χ2v) is 5.55. The Bertz CT molecular complexity index is 407. The third-order valence-electron chi connectivity index (χ3n) is 3.03. The van der Waals surface area contributed by atoms with Gasteiger partial charge in [0.25, 0.3) is 0 Å². The number of thioether (sulfide) groups is 1. The molecular formula is C15H19NOS. The molecule has 1 aromatic carbocycles. The molecule has 0 radical (unpaired) electrons. The number of para-hydroxylation sites is 1. The van der Waals surface area contributed by atoms with Crippen molar-refractivity contribution >= 4 is 11.8 Å². The van der Waals surface area contributed by atoms with Gasteiger partial charge in [-0.1, -0.05) is 24.1 Å². The number of hydrogen-bond donors (Lipinski definition) is 1. The van der Waals surface area contributed by atoms with E-state index in [1.807, 2.05) is 30.0 Å². The Morgan fingerprint density at radius 2 is 2.33 bits per heavy atom. The van der Waals surface area contributed by atoms with E-state index in [2.05, 4.69) is 17.3 Å². The van der Waals surface area contributed by atoms with E-state index < -0.39 is 0 Å². The van der Waals surface area contributed by atoms with Gasteiger partial charge in [-0.15, -0.1) is 6.42 Å². The van der Waals surface area contributed by atoms with Crippen molar-refractivity contribution < 1.29 is 4.74 Å². The summed E-state index contributed by atoms with van der Waals surface area (Å²) in [4.78, 5) is 0. The summed E-state index contributed by atoms with van der Waals surface area (Å²) in [6.07, 6.45) is 7.82. The number of rotatable bonds is 5. The number of hydrogen-bond acceptors (Lipinski definition) is 3. The van der Waals surface area contributed by atoms with Crippen LogP contribution in [-0.2, 0) is 6.54 Å². The van der Waals surface area contributed by atoms with E-state index in [0.29, 0.717) is 12.6 Å². The maximum Gasteiger partial charge on any atom is 0.148 e. The molecular weight excluding hydrogens is 242 g/mol. The quantitative estimate of drug-likeness (QED) is 0.823. The van der Waals surface area contributed by atoms with Crippen molar-refractivity contribution in [3.05, 3.63) is 29.8 Å². The van der Waals surface area contributed by atoms with Crippen LogP contribution in [0.5, 0.6) is 5.75 Å². The van der Waals surface area contributed by atoms with Crippen LogP contribution in [0.25, 0.3) is 0 Å². The predicted molar refractivity (Wildman–Crippen MR) is 78.0 cm³/mol. The van der Waals surface area contributed by atoms with E-state index in [1.165, 1.54) is 29.9 Å². The first-order valence-electron chi connectivity index (χ1n) is 6.35. The lowest BCUT2D eigenvalue weighted by molar-refractivity contribution is 0.363. The van der Waals surface area contributed by atoms with Gasteiger partial charge in [0.1, 0.15) is 12.4 Å². The molecule has 2 rings (SSSR count). The second kappa shape index (κ2) is 7.35. The maximum atomic E-state index is 5.54. The summed E-state index contributed by atoms with van der Waals surface area (Å²) in [5.41, 5.74) is 1.18. The van der Waals surface area contributed by atoms with Crippen LogP contribution in [0.2, 0.25) is 0 Å². The summed E-state index contributed by atoms with van der Waals surface area (Å²) in [6, 6.07) is 8.71. The summed E-state index contributed by atoms with van der Waals surface area (Å²) >= 11 is 2.04. The standard InChI is InChI=1S/C15H19NOS/c1-2-9-17-15-8-4-3-6-13(15)11-16-14-7-5-10-18-12-14/h1,3-4,6,8,14,16H,5,7,9-12H2. The van der Waals surface area contributed by atoms with E-state index in [9.17, 15) is 0 Å². The Morgan fingerprint density at radius 1 is 1.44 bits per heavy atom. The van der Waals surface area contributed by atoms with Gasteiger partial charge in [-0.05, 0) is 24.7 Å². The minimum Gasteiger partial charge on any atom is -0.481 e. The average molecular weight is 261 g/mol. The molecule has 3 heteroatoms. The molecule has 0 spiro atoms. The summed E-state index contributed by atoms with van der Waals surface area (Å²) in [7, 11) is 0. The smallest absolute Gasteiger partial charge is 0.148 e. The molecule has 1 aliphatic rings. The molecule has 1 aromatic rings. The molecule has 0 amide bonds. The van der Waals surface area contributed by atoms with Crippen molar-refractivity contribution in [1.82, 2.24) is 5.32 Å². The van der Waals surface area contributed by atoms with Crippen LogP contribution >= 0.6 is 11.8 Å². The maximum absolute atomic E-state index is 5.54. The second-order valence-electron chi connectivity index (χ2n) is 4.40. The first kappa shape index (κ1) is 13.3. The molecule has 1 atom stereocenters. The van der Waals surface area contributed by atoms with Crippen LogP contribution in [0.15, 0.2) is 24.3 Å². The Labute approximate surface area is 113 Å². The molecule has 1 heterocycles. The molecule has 1 unspecified atom stereocenters. The highest BCUT2D eigenvalue weighted by Crippen LogP contribution is 2.20. The fourth-order valence-corrected chi connectivity index (χ4v) is 3.17. The molecule has 18 heavy (non-hydrogen) atoms. The van der Waals surface area contributed by atoms with Crippen LogP contribution < -0.4 is 10.1 Å². The van der Waals surface area contributed by atoms with Gasteiger partial charge < -0.3 is 10.1 Å². The highest BCUT2D eigenvalue weighted by molar-refractivity contribution is 7.99. The average Bonchev–Trinajstić information content (AvgIpc) is 2.45. The Morgan fingerprint density at radius 3 is 3.11 bits per heavy atom. The van der Waals surface area contributed by atoms with Crippen molar-refractivity contribution in [3.8, 4) is 18.1 Å². The monoisotopic (exact) mass is 261 g/mol. The molecule has 1 saturated heterocycles. The first-order chi connectivity index (χ1) is 8.90. The highest BCUT2D eigenvalue weighted by atomic mass is 32.2. The SMILES string of the molecule is C#CCOc1ccccc1CNC1CCCSC1. The Balaban J connectivity index is 1.89. The molecule has 0 bridgehead atoms. The minimum absolute atomic E-state index is 0.330. The lowest BCUT2D eigenvalue weighted by Crippen LogP contribution is -2.33. The fourth-order valence-electron chi connectivity index (χ4n) is 2.07. The number of terminal acetylenes is 1. The summed E-state index contributed by atoms with van der Waals surface area (Å²) < 4.78 is 5.54. The molecule has 1 fully saturated rings.